The largest absolute Gasteiger partial charge is 0.370 e. The van der Waals surface area contributed by atoms with Gasteiger partial charge in [0.05, 0.1) is 5.39 Å². The number of benzene rings is 2. The van der Waals surface area contributed by atoms with Crippen LogP contribution in [-0.4, -0.2) is 33.4 Å². The monoisotopic (exact) mass is 369 g/mol. The van der Waals surface area contributed by atoms with Crippen molar-refractivity contribution < 1.29 is 14.0 Å². The number of anilines is 1. The van der Waals surface area contributed by atoms with E-state index in [1.807, 2.05) is 0 Å². The number of nitrogens with zero attached hydrogens (tertiary/aromatic N) is 4. The zero-order valence-electron chi connectivity index (χ0n) is 14.2. The van der Waals surface area contributed by atoms with Gasteiger partial charge in [0.25, 0.3) is 5.56 Å². The average Bonchev–Trinajstić information content (AvgIpc) is 2.65. The molecule has 9 heteroatoms. The Labute approximate surface area is 153 Å². The van der Waals surface area contributed by atoms with Crippen LogP contribution in [0.4, 0.5) is 10.1 Å². The van der Waals surface area contributed by atoms with Crippen LogP contribution in [-0.2, 0) is 16.1 Å². The Morgan fingerprint density at radius 2 is 1.81 bits per heavy atom. The molecule has 8 nitrogen and oxygen atoms in total. The molecule has 0 atom stereocenters. The van der Waals surface area contributed by atoms with Crippen molar-refractivity contribution in [1.82, 2.24) is 15.0 Å². The maximum Gasteiger partial charge on any atom is 0.278 e. The summed E-state index contributed by atoms with van der Waals surface area (Å²) in [6, 6.07) is 11.9. The molecule has 3 rings (SSSR count). The van der Waals surface area contributed by atoms with Crippen molar-refractivity contribution in [2.24, 2.45) is 5.73 Å². The highest BCUT2D eigenvalue weighted by atomic mass is 19.1. The molecule has 1 aromatic heterocycles. The molecule has 138 valence electrons. The fourth-order valence-electron chi connectivity index (χ4n) is 2.58. The highest BCUT2D eigenvalue weighted by Gasteiger charge is 2.19. The molecule has 27 heavy (non-hydrogen) atoms. The molecule has 3 aromatic rings. The van der Waals surface area contributed by atoms with Gasteiger partial charge in [-0.05, 0) is 36.4 Å². The SMILES string of the molecule is NC(=O)CCN(C(=O)Cn1nnc2ccccc2c1=O)c1ccc(F)cc1. The second-order valence-corrected chi connectivity index (χ2v) is 5.81. The van der Waals surface area contributed by atoms with E-state index in [4.69, 9.17) is 5.73 Å². The zero-order valence-corrected chi connectivity index (χ0v) is 14.2. The summed E-state index contributed by atoms with van der Waals surface area (Å²) in [5.74, 6) is -1.55. The topological polar surface area (TPSA) is 111 Å². The number of amides is 2. The smallest absolute Gasteiger partial charge is 0.278 e. The van der Waals surface area contributed by atoms with E-state index in [1.165, 1.54) is 29.2 Å². The predicted octanol–water partition coefficient (Wildman–Crippen LogP) is 0.839. The van der Waals surface area contributed by atoms with E-state index in [9.17, 15) is 18.8 Å². The first kappa shape index (κ1) is 18.2. The van der Waals surface area contributed by atoms with Gasteiger partial charge in [-0.1, -0.05) is 17.3 Å². The van der Waals surface area contributed by atoms with Crippen molar-refractivity contribution in [3.05, 3.63) is 64.7 Å². The summed E-state index contributed by atoms with van der Waals surface area (Å²) in [5.41, 5.74) is 5.52. The average molecular weight is 369 g/mol. The summed E-state index contributed by atoms with van der Waals surface area (Å²) >= 11 is 0. The molecule has 0 saturated carbocycles. The first-order chi connectivity index (χ1) is 13.0. The number of aromatic nitrogens is 3. The van der Waals surface area contributed by atoms with Crippen molar-refractivity contribution >= 4 is 28.4 Å². The van der Waals surface area contributed by atoms with Gasteiger partial charge in [-0.2, -0.15) is 0 Å². The standard InChI is InChI=1S/C18H16FN5O3/c19-12-5-7-13(8-6-12)23(10-9-16(20)25)17(26)11-24-18(27)14-3-1-2-4-15(14)21-22-24/h1-8H,9-11H2,(H2,20,25). The molecule has 0 spiro atoms. The van der Waals surface area contributed by atoms with E-state index >= 15 is 0 Å². The molecule has 0 aliphatic heterocycles. The molecular weight excluding hydrogens is 353 g/mol. The van der Waals surface area contributed by atoms with Gasteiger partial charge in [0.15, 0.2) is 0 Å². The van der Waals surface area contributed by atoms with E-state index in [0.717, 1.165) is 4.68 Å². The van der Waals surface area contributed by atoms with Crippen LogP contribution >= 0.6 is 0 Å². The molecule has 2 N–H and O–H groups in total. The quantitative estimate of drug-likeness (QED) is 0.692. The number of halogens is 1. The molecule has 2 amide bonds. The van der Waals surface area contributed by atoms with E-state index in [2.05, 4.69) is 10.3 Å². The lowest BCUT2D eigenvalue weighted by atomic mass is 10.2. The Bertz CT molecular complexity index is 1050. The summed E-state index contributed by atoms with van der Waals surface area (Å²) in [6.07, 6.45) is -0.0819. The van der Waals surface area contributed by atoms with Gasteiger partial charge in [0, 0.05) is 18.7 Å². The molecule has 0 saturated heterocycles. The third-order valence-electron chi connectivity index (χ3n) is 3.94. The van der Waals surface area contributed by atoms with Gasteiger partial charge in [0.1, 0.15) is 17.9 Å². The van der Waals surface area contributed by atoms with E-state index < -0.39 is 23.2 Å². The molecule has 0 unspecified atom stereocenters. The maximum atomic E-state index is 13.2. The molecule has 2 aromatic carbocycles. The van der Waals surface area contributed by atoms with Gasteiger partial charge >= 0.3 is 0 Å². The van der Waals surface area contributed by atoms with Crippen molar-refractivity contribution in [2.75, 3.05) is 11.4 Å². The fourth-order valence-corrected chi connectivity index (χ4v) is 2.58. The van der Waals surface area contributed by atoms with Gasteiger partial charge in [0.2, 0.25) is 11.8 Å². The Morgan fingerprint density at radius 1 is 1.11 bits per heavy atom. The van der Waals surface area contributed by atoms with E-state index in [0.29, 0.717) is 16.6 Å². The van der Waals surface area contributed by atoms with Gasteiger partial charge in [-0.3, -0.25) is 14.4 Å². The minimum absolute atomic E-state index is 0.00441. The zero-order chi connectivity index (χ0) is 19.4. The van der Waals surface area contributed by atoms with Crippen molar-refractivity contribution in [3.8, 4) is 0 Å². The lowest BCUT2D eigenvalue weighted by Crippen LogP contribution is -2.39. The number of hydrogen-bond acceptors (Lipinski definition) is 5. The lowest BCUT2D eigenvalue weighted by molar-refractivity contribution is -0.119. The maximum absolute atomic E-state index is 13.2. The second-order valence-electron chi connectivity index (χ2n) is 5.81. The third kappa shape index (κ3) is 4.14. The summed E-state index contributed by atoms with van der Waals surface area (Å²) in [7, 11) is 0. The van der Waals surface area contributed by atoms with Gasteiger partial charge in [-0.15, -0.1) is 5.10 Å². The minimum Gasteiger partial charge on any atom is -0.370 e. The van der Waals surface area contributed by atoms with Crippen LogP contribution in [0.15, 0.2) is 53.3 Å². The summed E-state index contributed by atoms with van der Waals surface area (Å²) in [5, 5.41) is 8.06. The number of fused-ring (bicyclic) bond motifs is 1. The molecule has 0 bridgehead atoms. The van der Waals surface area contributed by atoms with Gasteiger partial charge in [-0.25, -0.2) is 9.07 Å². The second kappa shape index (κ2) is 7.73. The van der Waals surface area contributed by atoms with Gasteiger partial charge < -0.3 is 10.6 Å². The van der Waals surface area contributed by atoms with Crippen LogP contribution in [0.1, 0.15) is 6.42 Å². The number of primary amides is 1. The molecule has 0 radical (unpaired) electrons. The number of nitrogens with two attached hydrogens (primary N) is 1. The molecular formula is C18H16FN5O3. The normalized spacial score (nSPS) is 10.7. The fraction of sp³-hybridized carbons (Fsp3) is 0.167. The van der Waals surface area contributed by atoms with Crippen molar-refractivity contribution in [2.45, 2.75) is 13.0 Å². The third-order valence-corrected chi connectivity index (χ3v) is 3.94. The first-order valence-electron chi connectivity index (χ1n) is 8.12. The van der Waals surface area contributed by atoms with Crippen LogP contribution in [0.3, 0.4) is 0 Å². The van der Waals surface area contributed by atoms with Crippen LogP contribution in [0.2, 0.25) is 0 Å². The summed E-state index contributed by atoms with van der Waals surface area (Å²) in [4.78, 5) is 37.6. The van der Waals surface area contributed by atoms with E-state index in [1.54, 1.807) is 24.3 Å². The van der Waals surface area contributed by atoms with Crippen molar-refractivity contribution in [1.29, 1.82) is 0 Å². The number of hydrogen-bond donors (Lipinski definition) is 1. The minimum atomic E-state index is -0.586. The number of carbonyl (C=O) groups is 2. The number of carbonyl (C=O) groups excluding carboxylic acids is 2. The van der Waals surface area contributed by atoms with Crippen LogP contribution in [0.25, 0.3) is 10.9 Å². The Balaban J connectivity index is 1.90. The Hall–Kier alpha value is -3.62. The molecule has 1 heterocycles. The van der Waals surface area contributed by atoms with Crippen LogP contribution in [0, 0.1) is 5.82 Å². The summed E-state index contributed by atoms with van der Waals surface area (Å²) in [6.45, 7) is -0.387. The molecule has 0 fully saturated rings. The highest BCUT2D eigenvalue weighted by molar-refractivity contribution is 5.94. The number of rotatable bonds is 6. The molecule has 0 aliphatic carbocycles. The molecule has 0 aliphatic rings. The lowest BCUT2D eigenvalue weighted by Gasteiger charge is -2.22. The first-order valence-corrected chi connectivity index (χ1v) is 8.12. The Kier molecular flexibility index (Phi) is 5.20. The predicted molar refractivity (Wildman–Crippen MR) is 96.4 cm³/mol. The van der Waals surface area contributed by atoms with Crippen LogP contribution < -0.4 is 16.2 Å². The van der Waals surface area contributed by atoms with Crippen molar-refractivity contribution in [3.63, 3.8) is 0 Å². The van der Waals surface area contributed by atoms with E-state index in [-0.39, 0.29) is 19.5 Å². The Morgan fingerprint density at radius 3 is 2.52 bits per heavy atom. The van der Waals surface area contributed by atoms with Crippen LogP contribution in [0.5, 0.6) is 0 Å². The summed E-state index contributed by atoms with van der Waals surface area (Å²) < 4.78 is 14.1. The highest BCUT2D eigenvalue weighted by Crippen LogP contribution is 2.16.